The number of esters is 1. The van der Waals surface area contributed by atoms with Crippen molar-refractivity contribution in [2.24, 2.45) is 4.99 Å². The number of halogens is 3. The molecule has 1 aliphatic heterocycles. The summed E-state index contributed by atoms with van der Waals surface area (Å²) in [6.07, 6.45) is 1.77. The van der Waals surface area contributed by atoms with Crippen molar-refractivity contribution in [3.8, 4) is 17.2 Å². The van der Waals surface area contributed by atoms with Gasteiger partial charge in [-0.25, -0.2) is 14.2 Å². The number of hydrogen-bond acceptors (Lipinski definition) is 8. The van der Waals surface area contributed by atoms with Gasteiger partial charge in [0.05, 0.1) is 47.1 Å². The van der Waals surface area contributed by atoms with Gasteiger partial charge in [-0.2, -0.15) is 0 Å². The summed E-state index contributed by atoms with van der Waals surface area (Å²) in [5, 5.41) is 0. The second kappa shape index (κ2) is 13.5. The number of nitrogens with zero attached hydrogens (tertiary/aromatic N) is 2. The van der Waals surface area contributed by atoms with Gasteiger partial charge >= 0.3 is 5.97 Å². The van der Waals surface area contributed by atoms with Gasteiger partial charge in [-0.05, 0) is 88.9 Å². The molecule has 3 aromatic carbocycles. The highest BCUT2D eigenvalue weighted by molar-refractivity contribution is 9.10. The van der Waals surface area contributed by atoms with Crippen LogP contribution in [0.3, 0.4) is 0 Å². The molecule has 0 saturated heterocycles. The van der Waals surface area contributed by atoms with Crippen molar-refractivity contribution in [3.63, 3.8) is 0 Å². The third-order valence-electron chi connectivity index (χ3n) is 6.88. The monoisotopic (exact) mass is 744 g/mol. The first-order chi connectivity index (χ1) is 21.1. The highest BCUT2D eigenvalue weighted by Gasteiger charge is 2.35. The van der Waals surface area contributed by atoms with Crippen LogP contribution in [0, 0.1) is 5.82 Å². The predicted octanol–water partition coefficient (Wildman–Crippen LogP) is 6.06. The van der Waals surface area contributed by atoms with Gasteiger partial charge in [0.15, 0.2) is 16.3 Å². The average molecular weight is 746 g/mol. The van der Waals surface area contributed by atoms with Crippen molar-refractivity contribution in [1.82, 2.24) is 4.57 Å². The molecule has 0 N–H and O–H groups in total. The lowest BCUT2D eigenvalue weighted by Gasteiger charge is -2.26. The van der Waals surface area contributed by atoms with E-state index in [1.807, 2.05) is 12.1 Å². The zero-order valence-electron chi connectivity index (χ0n) is 24.2. The summed E-state index contributed by atoms with van der Waals surface area (Å²) in [6, 6.07) is 14.2. The van der Waals surface area contributed by atoms with Crippen LogP contribution < -0.4 is 29.1 Å². The zero-order valence-corrected chi connectivity index (χ0v) is 28.1. The number of allylic oxidation sites excluding steroid dienone is 1. The first-order valence-electron chi connectivity index (χ1n) is 13.4. The Morgan fingerprint density at radius 3 is 2.39 bits per heavy atom. The zero-order chi connectivity index (χ0) is 31.5. The minimum atomic E-state index is -0.837. The molecule has 8 nitrogen and oxygen atoms in total. The van der Waals surface area contributed by atoms with E-state index in [-0.39, 0.29) is 30.2 Å². The highest BCUT2D eigenvalue weighted by atomic mass is 79.9. The van der Waals surface area contributed by atoms with E-state index >= 15 is 0 Å². The summed E-state index contributed by atoms with van der Waals surface area (Å²) in [6.45, 7) is 3.89. The van der Waals surface area contributed by atoms with Crippen molar-refractivity contribution < 1.29 is 28.1 Å². The molecule has 5 rings (SSSR count). The number of fused-ring (bicyclic) bond motifs is 1. The summed E-state index contributed by atoms with van der Waals surface area (Å²) < 4.78 is 38.7. The van der Waals surface area contributed by atoms with E-state index in [9.17, 15) is 14.0 Å². The van der Waals surface area contributed by atoms with Crippen LogP contribution in [-0.4, -0.2) is 31.4 Å². The van der Waals surface area contributed by atoms with Crippen LogP contribution >= 0.6 is 43.2 Å². The number of benzene rings is 3. The Bertz CT molecular complexity index is 1950. The number of ether oxygens (including phenoxy) is 4. The van der Waals surface area contributed by atoms with Crippen LogP contribution in [0.2, 0.25) is 0 Å². The van der Waals surface area contributed by atoms with Crippen molar-refractivity contribution >= 4 is 55.2 Å². The van der Waals surface area contributed by atoms with E-state index < -0.39 is 12.0 Å². The Labute approximate surface area is 273 Å². The molecule has 0 amide bonds. The van der Waals surface area contributed by atoms with Crippen molar-refractivity contribution in [2.75, 3.05) is 20.8 Å². The maximum absolute atomic E-state index is 14.0. The van der Waals surface area contributed by atoms with Gasteiger partial charge in [0.25, 0.3) is 5.56 Å². The maximum Gasteiger partial charge on any atom is 0.338 e. The number of carbonyl (C=O) groups excluding carboxylic acids is 1. The lowest BCUT2D eigenvalue weighted by atomic mass is 9.95. The predicted molar refractivity (Wildman–Crippen MR) is 173 cm³/mol. The minimum Gasteiger partial charge on any atom is -0.493 e. The highest BCUT2D eigenvalue weighted by Crippen LogP contribution is 2.40. The molecule has 12 heteroatoms. The third-order valence-corrected chi connectivity index (χ3v) is 9.17. The van der Waals surface area contributed by atoms with E-state index in [1.54, 1.807) is 50.3 Å². The topological polar surface area (TPSA) is 88.4 Å². The van der Waals surface area contributed by atoms with E-state index in [0.29, 0.717) is 46.8 Å². The lowest BCUT2D eigenvalue weighted by molar-refractivity contribution is -0.139. The van der Waals surface area contributed by atoms with Gasteiger partial charge in [0.1, 0.15) is 18.2 Å². The van der Waals surface area contributed by atoms with Gasteiger partial charge in [-0.3, -0.25) is 9.36 Å². The number of thiazole rings is 1. The van der Waals surface area contributed by atoms with Gasteiger partial charge in [-0.15, -0.1) is 0 Å². The Balaban J connectivity index is 1.57. The molecule has 0 aliphatic carbocycles. The Morgan fingerprint density at radius 1 is 1.02 bits per heavy atom. The molecule has 2 heterocycles. The Kier molecular flexibility index (Phi) is 9.72. The molecule has 1 atom stereocenters. The van der Waals surface area contributed by atoms with E-state index in [1.165, 1.54) is 42.3 Å². The normalized spacial score (nSPS) is 14.6. The van der Waals surface area contributed by atoms with Gasteiger partial charge < -0.3 is 18.9 Å². The fourth-order valence-electron chi connectivity index (χ4n) is 4.78. The molecule has 0 bridgehead atoms. The molecule has 1 aliphatic rings. The minimum absolute atomic E-state index is 0.165. The SMILES string of the molecule is CCOC(=O)C1=C(C)N=c2s/c(=C\c3ccc(OCc4ccc(F)cc4)c(Br)c3)c(=O)n2[C@@H]1c1cc(OC)c(OC)cc1Br. The summed E-state index contributed by atoms with van der Waals surface area (Å²) in [5.41, 5.74) is 2.58. The fraction of sp³-hybridized carbons (Fsp3) is 0.219. The van der Waals surface area contributed by atoms with Crippen LogP contribution in [0.4, 0.5) is 4.39 Å². The van der Waals surface area contributed by atoms with E-state index in [2.05, 4.69) is 36.9 Å². The van der Waals surface area contributed by atoms with Gasteiger partial charge in [0.2, 0.25) is 0 Å². The Morgan fingerprint density at radius 2 is 1.73 bits per heavy atom. The largest absolute Gasteiger partial charge is 0.493 e. The number of aromatic nitrogens is 1. The molecule has 44 heavy (non-hydrogen) atoms. The van der Waals surface area contributed by atoms with Crippen LogP contribution in [0.25, 0.3) is 6.08 Å². The first kappa shape index (κ1) is 31.7. The quantitative estimate of drug-likeness (QED) is 0.194. The number of hydrogen-bond donors (Lipinski definition) is 0. The molecular formula is C32H27Br2FN2O6S. The smallest absolute Gasteiger partial charge is 0.338 e. The second-order valence-electron chi connectivity index (χ2n) is 9.64. The molecule has 1 aromatic heterocycles. The molecule has 0 fully saturated rings. The van der Waals surface area contributed by atoms with Crippen LogP contribution in [-0.2, 0) is 16.1 Å². The summed E-state index contributed by atoms with van der Waals surface area (Å²) in [5.74, 6) is 0.664. The summed E-state index contributed by atoms with van der Waals surface area (Å²) in [4.78, 5) is 32.4. The molecule has 4 aromatic rings. The number of methoxy groups -OCH3 is 2. The molecule has 0 saturated carbocycles. The molecule has 228 valence electrons. The van der Waals surface area contributed by atoms with Crippen molar-refractivity contribution in [1.29, 1.82) is 0 Å². The lowest BCUT2D eigenvalue weighted by Crippen LogP contribution is -2.40. The van der Waals surface area contributed by atoms with Crippen molar-refractivity contribution in [2.45, 2.75) is 26.5 Å². The van der Waals surface area contributed by atoms with Crippen molar-refractivity contribution in [3.05, 3.63) is 117 Å². The average Bonchev–Trinajstić information content (AvgIpc) is 3.30. The number of rotatable bonds is 9. The molecule has 0 radical (unpaired) electrons. The van der Waals surface area contributed by atoms with E-state index in [4.69, 9.17) is 18.9 Å². The maximum atomic E-state index is 14.0. The van der Waals surface area contributed by atoms with Gasteiger partial charge in [-0.1, -0.05) is 45.5 Å². The van der Waals surface area contributed by atoms with Crippen LogP contribution in [0.1, 0.15) is 36.6 Å². The summed E-state index contributed by atoms with van der Waals surface area (Å²) >= 11 is 8.38. The number of carbonyl (C=O) groups is 1. The second-order valence-corrected chi connectivity index (χ2v) is 12.4. The summed E-state index contributed by atoms with van der Waals surface area (Å²) in [7, 11) is 3.05. The standard InChI is InChI=1S/C32H27Br2FN2O6S/c1-5-42-31(39)28-17(2)36-32-37(29(28)21-14-25(40-3)26(41-4)15-22(21)33)30(38)27(44-32)13-19-8-11-24(23(34)12-19)43-16-18-6-9-20(35)10-7-18/h6-15,29H,5,16H2,1-4H3/b27-13-/t29-/m1/s1. The Hall–Kier alpha value is -3.74. The van der Waals surface area contributed by atoms with Crippen LogP contribution in [0.15, 0.2) is 84.6 Å². The van der Waals surface area contributed by atoms with E-state index in [0.717, 1.165) is 11.1 Å². The van der Waals surface area contributed by atoms with Gasteiger partial charge in [0, 0.05) is 4.47 Å². The van der Waals surface area contributed by atoms with Crippen LogP contribution in [0.5, 0.6) is 17.2 Å². The molecule has 0 unspecified atom stereocenters. The third kappa shape index (κ3) is 6.38. The molecule has 0 spiro atoms. The fourth-order valence-corrected chi connectivity index (χ4v) is 6.88. The first-order valence-corrected chi connectivity index (χ1v) is 15.8. The molecular weight excluding hydrogens is 719 g/mol.